The Hall–Kier alpha value is -3.11. The maximum absolute atomic E-state index is 12.5. The van der Waals surface area contributed by atoms with Gasteiger partial charge in [0.25, 0.3) is 5.91 Å². The highest BCUT2D eigenvalue weighted by Crippen LogP contribution is 2.28. The molecule has 1 atom stereocenters. The summed E-state index contributed by atoms with van der Waals surface area (Å²) >= 11 is 0. The van der Waals surface area contributed by atoms with Crippen LogP contribution in [0.3, 0.4) is 0 Å². The number of nitrogens with one attached hydrogen (secondary N) is 1. The first-order valence-corrected chi connectivity index (χ1v) is 9.80. The summed E-state index contributed by atoms with van der Waals surface area (Å²) in [6.45, 7) is 5.11. The Labute approximate surface area is 169 Å². The van der Waals surface area contributed by atoms with Gasteiger partial charge in [-0.3, -0.25) is 9.59 Å². The number of rotatable bonds is 7. The van der Waals surface area contributed by atoms with Crippen LogP contribution < -0.4 is 5.32 Å². The van der Waals surface area contributed by atoms with Gasteiger partial charge < -0.3 is 19.4 Å². The highest BCUT2D eigenvalue weighted by Gasteiger charge is 2.20. The number of nitrogens with zero attached hydrogens (tertiary/aromatic N) is 2. The lowest BCUT2D eigenvalue weighted by Crippen LogP contribution is -2.32. The number of carbonyl (C=O) groups excluding carboxylic acids is 2. The molecule has 7 nitrogen and oxygen atoms in total. The maximum atomic E-state index is 12.5. The first-order chi connectivity index (χ1) is 14.0. The van der Waals surface area contributed by atoms with E-state index in [4.69, 9.17) is 9.47 Å². The van der Waals surface area contributed by atoms with E-state index in [1.165, 1.54) is 0 Å². The molecule has 1 saturated heterocycles. The van der Waals surface area contributed by atoms with Crippen LogP contribution in [0, 0.1) is 18.3 Å². The van der Waals surface area contributed by atoms with E-state index in [0.717, 1.165) is 35.0 Å². The van der Waals surface area contributed by atoms with Crippen molar-refractivity contribution in [2.24, 2.45) is 0 Å². The molecule has 3 rings (SSSR count). The third kappa shape index (κ3) is 4.66. The zero-order valence-electron chi connectivity index (χ0n) is 16.7. The van der Waals surface area contributed by atoms with Gasteiger partial charge in [-0.05, 0) is 38.8 Å². The van der Waals surface area contributed by atoms with Crippen LogP contribution in [-0.2, 0) is 25.6 Å². The molecule has 0 bridgehead atoms. The number of esters is 1. The molecular weight excluding hydrogens is 370 g/mol. The number of hydrogen-bond acceptors (Lipinski definition) is 5. The summed E-state index contributed by atoms with van der Waals surface area (Å²) < 4.78 is 12.4. The summed E-state index contributed by atoms with van der Waals surface area (Å²) in [6.07, 6.45) is 3.49. The van der Waals surface area contributed by atoms with Gasteiger partial charge in [0, 0.05) is 35.3 Å². The summed E-state index contributed by atoms with van der Waals surface area (Å²) in [5.74, 6) is -0.758. The van der Waals surface area contributed by atoms with E-state index in [2.05, 4.69) is 5.32 Å². The zero-order chi connectivity index (χ0) is 20.8. The number of amides is 1. The second-order valence-corrected chi connectivity index (χ2v) is 6.92. The number of hydrogen-bond donors (Lipinski definition) is 1. The molecule has 2 heterocycles. The van der Waals surface area contributed by atoms with E-state index in [1.54, 1.807) is 13.0 Å². The van der Waals surface area contributed by atoms with Crippen LogP contribution in [-0.4, -0.2) is 42.3 Å². The van der Waals surface area contributed by atoms with E-state index in [1.807, 2.05) is 41.8 Å². The molecule has 1 aromatic carbocycles. The number of nitriles is 1. The first-order valence-electron chi connectivity index (χ1n) is 9.80. The molecule has 0 saturated carbocycles. The van der Waals surface area contributed by atoms with Crippen molar-refractivity contribution in [3.63, 3.8) is 0 Å². The average Bonchev–Trinajstić information content (AvgIpc) is 3.32. The number of aromatic nitrogens is 1. The maximum Gasteiger partial charge on any atom is 0.325 e. The zero-order valence-corrected chi connectivity index (χ0v) is 16.7. The number of para-hydroxylation sites is 1. The number of carbonyl (C=O) groups is 2. The number of benzene rings is 1. The fourth-order valence-electron chi connectivity index (χ4n) is 3.58. The summed E-state index contributed by atoms with van der Waals surface area (Å²) in [6, 6.07) is 9.58. The SMILES string of the molecule is CCOC(=O)Cn1c(C)c(/C=C(\C#N)C(=O)NC[C@H]2CCCO2)c2ccccc21. The van der Waals surface area contributed by atoms with Gasteiger partial charge in [0.1, 0.15) is 18.2 Å². The Morgan fingerprint density at radius 1 is 1.41 bits per heavy atom. The van der Waals surface area contributed by atoms with Crippen molar-refractivity contribution in [3.05, 3.63) is 41.1 Å². The summed E-state index contributed by atoms with van der Waals surface area (Å²) in [4.78, 5) is 24.5. The topological polar surface area (TPSA) is 93.4 Å². The van der Waals surface area contributed by atoms with Crippen LogP contribution >= 0.6 is 0 Å². The van der Waals surface area contributed by atoms with Crippen molar-refractivity contribution in [1.82, 2.24) is 9.88 Å². The second kappa shape index (κ2) is 9.39. The van der Waals surface area contributed by atoms with Crippen molar-refractivity contribution >= 4 is 28.9 Å². The Bertz CT molecular complexity index is 978. The molecule has 0 aliphatic carbocycles. The second-order valence-electron chi connectivity index (χ2n) is 6.92. The number of fused-ring (bicyclic) bond motifs is 1. The molecule has 1 fully saturated rings. The molecule has 152 valence electrons. The minimum Gasteiger partial charge on any atom is -0.465 e. The molecule has 1 aromatic heterocycles. The minimum atomic E-state index is -0.426. The fourth-order valence-corrected chi connectivity index (χ4v) is 3.58. The standard InChI is InChI=1S/C22H25N3O4/c1-3-28-21(26)14-25-15(2)19(18-8-4-5-9-20(18)25)11-16(12-23)22(27)24-13-17-7-6-10-29-17/h4-5,8-9,11,17H,3,6-7,10,13-14H2,1-2H3,(H,24,27)/b16-11+/t17-/m1/s1. The molecule has 1 aliphatic rings. The average molecular weight is 395 g/mol. The third-order valence-electron chi connectivity index (χ3n) is 5.04. The van der Waals surface area contributed by atoms with E-state index in [-0.39, 0.29) is 24.2 Å². The third-order valence-corrected chi connectivity index (χ3v) is 5.04. The lowest BCUT2D eigenvalue weighted by atomic mass is 10.1. The van der Waals surface area contributed by atoms with Gasteiger partial charge >= 0.3 is 5.97 Å². The molecule has 2 aromatic rings. The van der Waals surface area contributed by atoms with Crippen molar-refractivity contribution in [3.8, 4) is 6.07 Å². The lowest BCUT2D eigenvalue weighted by Gasteiger charge is -2.10. The van der Waals surface area contributed by atoms with Gasteiger partial charge in [0.15, 0.2) is 0 Å². The highest BCUT2D eigenvalue weighted by atomic mass is 16.5. The van der Waals surface area contributed by atoms with Crippen LogP contribution in [0.1, 0.15) is 31.0 Å². The van der Waals surface area contributed by atoms with Crippen molar-refractivity contribution in [1.29, 1.82) is 5.26 Å². The monoisotopic (exact) mass is 395 g/mol. The summed E-state index contributed by atoms with van der Waals surface area (Å²) in [5.41, 5.74) is 2.40. The van der Waals surface area contributed by atoms with Crippen LogP contribution in [0.25, 0.3) is 17.0 Å². The molecule has 29 heavy (non-hydrogen) atoms. The molecule has 1 amide bonds. The van der Waals surface area contributed by atoms with Gasteiger partial charge in [0.05, 0.1) is 12.7 Å². The van der Waals surface area contributed by atoms with Gasteiger partial charge in [-0.1, -0.05) is 18.2 Å². The van der Waals surface area contributed by atoms with Crippen LogP contribution in [0.4, 0.5) is 0 Å². The first kappa shape index (κ1) is 20.6. The Balaban J connectivity index is 1.90. The van der Waals surface area contributed by atoms with E-state index >= 15 is 0 Å². The fraction of sp³-hybridized carbons (Fsp3) is 0.409. The lowest BCUT2D eigenvalue weighted by molar-refractivity contribution is -0.143. The van der Waals surface area contributed by atoms with Gasteiger partial charge in [-0.2, -0.15) is 5.26 Å². The van der Waals surface area contributed by atoms with E-state index < -0.39 is 5.91 Å². The molecule has 1 aliphatic heterocycles. The molecule has 1 N–H and O–H groups in total. The van der Waals surface area contributed by atoms with Crippen LogP contribution in [0.15, 0.2) is 29.8 Å². The van der Waals surface area contributed by atoms with Crippen LogP contribution in [0.2, 0.25) is 0 Å². The molecule has 0 radical (unpaired) electrons. The Kier molecular flexibility index (Phi) is 6.68. The van der Waals surface area contributed by atoms with Crippen LogP contribution in [0.5, 0.6) is 0 Å². The molecule has 0 unspecified atom stereocenters. The van der Waals surface area contributed by atoms with Gasteiger partial charge in [0.2, 0.25) is 0 Å². The Morgan fingerprint density at radius 3 is 2.90 bits per heavy atom. The normalized spacial score (nSPS) is 16.6. The molecular formula is C22H25N3O4. The summed E-state index contributed by atoms with van der Waals surface area (Å²) in [7, 11) is 0. The predicted octanol–water partition coefficient (Wildman–Crippen LogP) is 2.72. The van der Waals surface area contributed by atoms with Crippen molar-refractivity contribution in [2.45, 2.75) is 39.3 Å². The number of ether oxygens (including phenoxy) is 2. The Morgan fingerprint density at radius 2 is 2.21 bits per heavy atom. The molecule has 0 spiro atoms. The largest absolute Gasteiger partial charge is 0.465 e. The van der Waals surface area contributed by atoms with Crippen molar-refractivity contribution in [2.75, 3.05) is 19.8 Å². The van der Waals surface area contributed by atoms with E-state index in [0.29, 0.717) is 19.8 Å². The predicted molar refractivity (Wildman–Crippen MR) is 109 cm³/mol. The summed E-state index contributed by atoms with van der Waals surface area (Å²) in [5, 5.41) is 13.2. The van der Waals surface area contributed by atoms with Crippen molar-refractivity contribution < 1.29 is 19.1 Å². The molecule has 7 heteroatoms. The van der Waals surface area contributed by atoms with Gasteiger partial charge in [-0.25, -0.2) is 0 Å². The minimum absolute atomic E-state index is 0.00659. The quantitative estimate of drug-likeness (QED) is 0.442. The highest BCUT2D eigenvalue weighted by molar-refractivity contribution is 6.04. The smallest absolute Gasteiger partial charge is 0.325 e. The van der Waals surface area contributed by atoms with Gasteiger partial charge in [-0.15, -0.1) is 0 Å². The van der Waals surface area contributed by atoms with E-state index in [9.17, 15) is 14.9 Å².